The summed E-state index contributed by atoms with van der Waals surface area (Å²) in [5.41, 5.74) is 1.27. The Hall–Kier alpha value is -0.850. The summed E-state index contributed by atoms with van der Waals surface area (Å²) in [5, 5.41) is 1.66. The van der Waals surface area contributed by atoms with Crippen LogP contribution < -0.4 is 5.56 Å². The standard InChI is InChI=1S/C16H22N2O2S2/c1-4-12-10(3)22-14-13(12)15(19)18(16(17-14)21-5-2)9-11-7-6-8-20-11/h11H,4-9H2,1-3H3. The van der Waals surface area contributed by atoms with E-state index in [0.717, 1.165) is 52.6 Å². The van der Waals surface area contributed by atoms with E-state index >= 15 is 0 Å². The van der Waals surface area contributed by atoms with Crippen molar-refractivity contribution >= 4 is 33.3 Å². The molecule has 4 nitrogen and oxygen atoms in total. The van der Waals surface area contributed by atoms with Crippen molar-refractivity contribution in [2.24, 2.45) is 0 Å². The number of hydrogen-bond acceptors (Lipinski definition) is 5. The Morgan fingerprint density at radius 3 is 2.91 bits per heavy atom. The fourth-order valence-electron chi connectivity index (χ4n) is 3.05. The van der Waals surface area contributed by atoms with Gasteiger partial charge in [0.1, 0.15) is 4.83 Å². The molecule has 0 saturated carbocycles. The van der Waals surface area contributed by atoms with Gasteiger partial charge in [-0.3, -0.25) is 9.36 Å². The van der Waals surface area contributed by atoms with E-state index in [4.69, 9.17) is 9.72 Å². The fraction of sp³-hybridized carbons (Fsp3) is 0.625. The maximum atomic E-state index is 13.1. The molecule has 1 atom stereocenters. The Balaban J connectivity index is 2.15. The third kappa shape index (κ3) is 2.84. The van der Waals surface area contributed by atoms with Crippen molar-refractivity contribution in [1.29, 1.82) is 0 Å². The molecule has 0 amide bonds. The number of thioether (sulfide) groups is 1. The van der Waals surface area contributed by atoms with Gasteiger partial charge in [0.15, 0.2) is 5.16 Å². The predicted octanol–water partition coefficient (Wildman–Crippen LogP) is 3.62. The molecule has 1 saturated heterocycles. The Labute approximate surface area is 138 Å². The number of rotatable bonds is 5. The number of nitrogens with zero attached hydrogens (tertiary/aromatic N) is 2. The second-order valence-electron chi connectivity index (χ2n) is 5.55. The fourth-order valence-corrected chi connectivity index (χ4v) is 4.94. The molecule has 1 unspecified atom stereocenters. The lowest BCUT2D eigenvalue weighted by molar-refractivity contribution is 0.0937. The number of fused-ring (bicyclic) bond motifs is 1. The molecule has 0 N–H and O–H groups in total. The van der Waals surface area contributed by atoms with Crippen LogP contribution in [0.2, 0.25) is 0 Å². The highest BCUT2D eigenvalue weighted by molar-refractivity contribution is 7.99. The van der Waals surface area contributed by atoms with E-state index in [2.05, 4.69) is 20.8 Å². The molecule has 2 aromatic heterocycles. The van der Waals surface area contributed by atoms with Crippen molar-refractivity contribution in [3.05, 3.63) is 20.8 Å². The van der Waals surface area contributed by atoms with Crippen LogP contribution in [0.5, 0.6) is 0 Å². The Morgan fingerprint density at radius 2 is 2.27 bits per heavy atom. The summed E-state index contributed by atoms with van der Waals surface area (Å²) in [6.45, 7) is 7.72. The molecule has 6 heteroatoms. The molecule has 0 aliphatic carbocycles. The number of thiophene rings is 1. The van der Waals surface area contributed by atoms with E-state index in [0.29, 0.717) is 6.54 Å². The van der Waals surface area contributed by atoms with Gasteiger partial charge in [-0.05, 0) is 37.5 Å². The molecule has 0 spiro atoms. The minimum atomic E-state index is 0.109. The number of aromatic nitrogens is 2. The number of aryl methyl sites for hydroxylation is 2. The molecule has 0 bridgehead atoms. The topological polar surface area (TPSA) is 44.1 Å². The van der Waals surface area contributed by atoms with E-state index in [1.54, 1.807) is 23.1 Å². The summed E-state index contributed by atoms with van der Waals surface area (Å²) in [6, 6.07) is 0. The Morgan fingerprint density at radius 1 is 1.45 bits per heavy atom. The van der Waals surface area contributed by atoms with Gasteiger partial charge in [-0.2, -0.15) is 0 Å². The molecule has 0 radical (unpaired) electrons. The first-order chi connectivity index (χ1) is 10.7. The van der Waals surface area contributed by atoms with Crippen molar-refractivity contribution in [2.45, 2.75) is 57.8 Å². The van der Waals surface area contributed by atoms with Crippen molar-refractivity contribution in [3.63, 3.8) is 0 Å². The van der Waals surface area contributed by atoms with Crippen LogP contribution in [-0.2, 0) is 17.7 Å². The van der Waals surface area contributed by atoms with Gasteiger partial charge in [0.25, 0.3) is 5.56 Å². The third-order valence-electron chi connectivity index (χ3n) is 4.11. The summed E-state index contributed by atoms with van der Waals surface area (Å²) in [5.74, 6) is 0.911. The molecule has 3 heterocycles. The molecule has 3 rings (SSSR count). The van der Waals surface area contributed by atoms with Gasteiger partial charge >= 0.3 is 0 Å². The van der Waals surface area contributed by atoms with Gasteiger partial charge in [0.2, 0.25) is 0 Å². The zero-order valence-electron chi connectivity index (χ0n) is 13.3. The van der Waals surface area contributed by atoms with E-state index in [1.807, 2.05) is 4.57 Å². The summed E-state index contributed by atoms with van der Waals surface area (Å²) < 4.78 is 7.57. The van der Waals surface area contributed by atoms with Gasteiger partial charge in [-0.25, -0.2) is 4.98 Å². The van der Waals surface area contributed by atoms with Crippen LogP contribution in [0.3, 0.4) is 0 Å². The van der Waals surface area contributed by atoms with Gasteiger partial charge < -0.3 is 4.74 Å². The van der Waals surface area contributed by atoms with Crippen molar-refractivity contribution < 1.29 is 4.74 Å². The SMILES string of the molecule is CCSc1nc2sc(C)c(CC)c2c(=O)n1CC1CCCO1. The van der Waals surface area contributed by atoms with Crippen LogP contribution in [0.15, 0.2) is 9.95 Å². The molecule has 1 aliphatic heterocycles. The van der Waals surface area contributed by atoms with Crippen LogP contribution in [0.25, 0.3) is 10.2 Å². The van der Waals surface area contributed by atoms with Crippen LogP contribution >= 0.6 is 23.1 Å². The highest BCUT2D eigenvalue weighted by Gasteiger charge is 2.22. The van der Waals surface area contributed by atoms with Crippen LogP contribution in [0.4, 0.5) is 0 Å². The minimum Gasteiger partial charge on any atom is -0.376 e. The highest BCUT2D eigenvalue weighted by Crippen LogP contribution is 2.29. The molecule has 0 aromatic carbocycles. The van der Waals surface area contributed by atoms with Crippen LogP contribution in [0, 0.1) is 6.92 Å². The van der Waals surface area contributed by atoms with Crippen molar-refractivity contribution in [2.75, 3.05) is 12.4 Å². The van der Waals surface area contributed by atoms with Gasteiger partial charge in [-0.1, -0.05) is 25.6 Å². The van der Waals surface area contributed by atoms with Gasteiger partial charge in [0.05, 0.1) is 18.0 Å². The normalized spacial score (nSPS) is 18.4. The average molecular weight is 338 g/mol. The Bertz CT molecular complexity index is 730. The smallest absolute Gasteiger partial charge is 0.263 e. The summed E-state index contributed by atoms with van der Waals surface area (Å²) in [4.78, 5) is 20.0. The lowest BCUT2D eigenvalue weighted by Crippen LogP contribution is -2.28. The van der Waals surface area contributed by atoms with Gasteiger partial charge in [0, 0.05) is 11.5 Å². The Kier molecular flexibility index (Phi) is 4.90. The molecular weight excluding hydrogens is 316 g/mol. The first kappa shape index (κ1) is 16.0. The van der Waals surface area contributed by atoms with Gasteiger partial charge in [-0.15, -0.1) is 11.3 Å². The third-order valence-corrected chi connectivity index (χ3v) is 6.01. The first-order valence-corrected chi connectivity index (χ1v) is 9.73. The van der Waals surface area contributed by atoms with E-state index in [1.165, 1.54) is 4.88 Å². The maximum Gasteiger partial charge on any atom is 0.263 e. The van der Waals surface area contributed by atoms with Crippen LogP contribution in [-0.4, -0.2) is 28.0 Å². The summed E-state index contributed by atoms with van der Waals surface area (Å²) in [7, 11) is 0. The molecule has 22 heavy (non-hydrogen) atoms. The predicted molar refractivity (Wildman–Crippen MR) is 93.4 cm³/mol. The zero-order chi connectivity index (χ0) is 15.7. The van der Waals surface area contributed by atoms with Crippen molar-refractivity contribution in [3.8, 4) is 0 Å². The maximum absolute atomic E-state index is 13.1. The quantitative estimate of drug-likeness (QED) is 0.617. The van der Waals surface area contributed by atoms with E-state index < -0.39 is 0 Å². The van der Waals surface area contributed by atoms with E-state index in [-0.39, 0.29) is 11.7 Å². The zero-order valence-corrected chi connectivity index (χ0v) is 15.0. The first-order valence-electron chi connectivity index (χ1n) is 7.92. The number of ether oxygens (including phenoxy) is 1. The van der Waals surface area contributed by atoms with Crippen molar-refractivity contribution in [1.82, 2.24) is 9.55 Å². The van der Waals surface area contributed by atoms with E-state index in [9.17, 15) is 4.79 Å². The van der Waals surface area contributed by atoms with Crippen LogP contribution in [0.1, 0.15) is 37.1 Å². The second kappa shape index (κ2) is 6.72. The largest absolute Gasteiger partial charge is 0.376 e. The number of hydrogen-bond donors (Lipinski definition) is 0. The summed E-state index contributed by atoms with van der Waals surface area (Å²) >= 11 is 3.28. The second-order valence-corrected chi connectivity index (χ2v) is 7.98. The monoisotopic (exact) mass is 338 g/mol. The lowest BCUT2D eigenvalue weighted by atomic mass is 10.1. The summed E-state index contributed by atoms with van der Waals surface area (Å²) in [6.07, 6.45) is 3.15. The molecular formula is C16H22N2O2S2. The molecule has 1 fully saturated rings. The highest BCUT2D eigenvalue weighted by atomic mass is 32.2. The molecule has 2 aromatic rings. The minimum absolute atomic E-state index is 0.109. The lowest BCUT2D eigenvalue weighted by Gasteiger charge is -2.15. The average Bonchev–Trinajstić information content (AvgIpc) is 3.10. The molecule has 120 valence electrons. The molecule has 1 aliphatic rings.